The van der Waals surface area contributed by atoms with E-state index in [-0.39, 0.29) is 0 Å². The average molecular weight is 281 g/mol. The van der Waals surface area contributed by atoms with Crippen molar-refractivity contribution in [3.05, 3.63) is 23.0 Å². The molecule has 0 aliphatic carbocycles. The predicted molar refractivity (Wildman–Crippen MR) is 81.1 cm³/mol. The van der Waals surface area contributed by atoms with Gasteiger partial charge in [0.15, 0.2) is 0 Å². The van der Waals surface area contributed by atoms with Crippen LogP contribution >= 0.6 is 0 Å². The van der Waals surface area contributed by atoms with Gasteiger partial charge in [0.05, 0.1) is 18.4 Å². The Labute approximate surface area is 122 Å². The molecule has 0 bridgehead atoms. The number of rotatable bonds is 7. The van der Waals surface area contributed by atoms with E-state index in [2.05, 4.69) is 10.3 Å². The molecule has 0 fully saturated rings. The van der Waals surface area contributed by atoms with Gasteiger partial charge < -0.3 is 20.1 Å². The molecule has 5 heteroatoms. The zero-order valence-corrected chi connectivity index (χ0v) is 13.4. The number of methoxy groups -OCH3 is 1. The van der Waals surface area contributed by atoms with Crippen LogP contribution in [0, 0.1) is 13.8 Å². The minimum Gasteiger partial charge on any atom is -0.496 e. The lowest BCUT2D eigenvalue weighted by molar-refractivity contribution is 0.0335. The van der Waals surface area contributed by atoms with Crippen molar-refractivity contribution in [1.82, 2.24) is 15.2 Å². The number of nitrogens with zero attached hydrogens (tertiary/aromatic N) is 2. The van der Waals surface area contributed by atoms with E-state index < -0.39 is 5.60 Å². The molecule has 0 radical (unpaired) electrons. The van der Waals surface area contributed by atoms with E-state index in [1.54, 1.807) is 7.11 Å². The van der Waals surface area contributed by atoms with Gasteiger partial charge >= 0.3 is 0 Å². The van der Waals surface area contributed by atoms with Crippen LogP contribution < -0.4 is 10.1 Å². The van der Waals surface area contributed by atoms with Gasteiger partial charge in [-0.25, -0.2) is 0 Å². The minimum atomic E-state index is -0.758. The third kappa shape index (κ3) is 4.74. The summed E-state index contributed by atoms with van der Waals surface area (Å²) in [6.07, 6.45) is 1.82. The SMILES string of the molecule is COc1c(C)cnc(CNCC(C)(O)CN(C)C)c1C. The molecule has 1 rings (SSSR count). The number of nitrogens with one attached hydrogen (secondary N) is 1. The Hall–Kier alpha value is -1.17. The topological polar surface area (TPSA) is 57.6 Å². The molecule has 114 valence electrons. The Morgan fingerprint density at radius 1 is 1.40 bits per heavy atom. The summed E-state index contributed by atoms with van der Waals surface area (Å²) < 4.78 is 5.39. The molecule has 0 spiro atoms. The number of hydrogen-bond donors (Lipinski definition) is 2. The first-order chi connectivity index (χ1) is 9.26. The van der Waals surface area contributed by atoms with Crippen LogP contribution in [0.15, 0.2) is 6.20 Å². The maximum atomic E-state index is 10.2. The fraction of sp³-hybridized carbons (Fsp3) is 0.667. The number of hydrogen-bond acceptors (Lipinski definition) is 5. The first kappa shape index (κ1) is 16.9. The summed E-state index contributed by atoms with van der Waals surface area (Å²) in [5, 5.41) is 13.5. The highest BCUT2D eigenvalue weighted by Gasteiger charge is 2.21. The summed E-state index contributed by atoms with van der Waals surface area (Å²) in [5.74, 6) is 0.886. The second kappa shape index (κ2) is 7.02. The van der Waals surface area contributed by atoms with Crippen molar-refractivity contribution in [3.63, 3.8) is 0 Å². The summed E-state index contributed by atoms with van der Waals surface area (Å²) >= 11 is 0. The van der Waals surface area contributed by atoms with Crippen molar-refractivity contribution in [2.75, 3.05) is 34.3 Å². The Kier molecular flexibility index (Phi) is 5.92. The van der Waals surface area contributed by atoms with Gasteiger partial charge in [-0.1, -0.05) is 0 Å². The second-order valence-electron chi connectivity index (χ2n) is 5.88. The van der Waals surface area contributed by atoms with Crippen LogP contribution in [-0.2, 0) is 6.54 Å². The van der Waals surface area contributed by atoms with Crippen molar-refractivity contribution in [2.24, 2.45) is 0 Å². The molecule has 0 aliphatic rings. The first-order valence-electron chi connectivity index (χ1n) is 6.83. The zero-order valence-electron chi connectivity index (χ0n) is 13.4. The van der Waals surface area contributed by atoms with E-state index in [9.17, 15) is 5.11 Å². The van der Waals surface area contributed by atoms with E-state index in [1.807, 2.05) is 46.0 Å². The lowest BCUT2D eigenvalue weighted by Crippen LogP contribution is -2.45. The normalized spacial score (nSPS) is 14.4. The van der Waals surface area contributed by atoms with Gasteiger partial charge in [-0.3, -0.25) is 4.98 Å². The van der Waals surface area contributed by atoms with Crippen LogP contribution in [0.1, 0.15) is 23.7 Å². The fourth-order valence-corrected chi connectivity index (χ4v) is 2.44. The maximum absolute atomic E-state index is 10.2. The number of aromatic nitrogens is 1. The van der Waals surface area contributed by atoms with E-state index in [4.69, 9.17) is 4.74 Å². The third-order valence-electron chi connectivity index (χ3n) is 3.20. The maximum Gasteiger partial charge on any atom is 0.128 e. The summed E-state index contributed by atoms with van der Waals surface area (Å²) in [5.41, 5.74) is 2.28. The molecule has 0 saturated carbocycles. The molecule has 1 heterocycles. The summed E-state index contributed by atoms with van der Waals surface area (Å²) in [6.45, 7) is 7.57. The molecule has 5 nitrogen and oxygen atoms in total. The van der Waals surface area contributed by atoms with Gasteiger partial charge in [0.25, 0.3) is 0 Å². The summed E-state index contributed by atoms with van der Waals surface area (Å²) in [7, 11) is 5.57. The largest absolute Gasteiger partial charge is 0.496 e. The predicted octanol–water partition coefficient (Wildman–Crippen LogP) is 1.11. The van der Waals surface area contributed by atoms with Gasteiger partial charge in [0.2, 0.25) is 0 Å². The molecule has 1 aromatic rings. The van der Waals surface area contributed by atoms with Crippen molar-refractivity contribution in [1.29, 1.82) is 0 Å². The Bertz CT molecular complexity index is 445. The number of aliphatic hydroxyl groups is 1. The van der Waals surface area contributed by atoms with Crippen LogP contribution in [0.4, 0.5) is 0 Å². The van der Waals surface area contributed by atoms with Crippen LogP contribution in [0.2, 0.25) is 0 Å². The second-order valence-corrected chi connectivity index (χ2v) is 5.88. The smallest absolute Gasteiger partial charge is 0.128 e. The van der Waals surface area contributed by atoms with Crippen molar-refractivity contribution >= 4 is 0 Å². The standard InChI is InChI=1S/C15H27N3O2/c1-11-7-17-13(12(2)14(11)20-6)8-16-9-15(3,19)10-18(4)5/h7,16,19H,8-10H2,1-6H3. The Morgan fingerprint density at radius 3 is 2.60 bits per heavy atom. The molecule has 0 saturated heterocycles. The number of ether oxygens (including phenoxy) is 1. The van der Waals surface area contributed by atoms with Gasteiger partial charge in [-0.05, 0) is 34.9 Å². The van der Waals surface area contributed by atoms with Crippen molar-refractivity contribution in [3.8, 4) is 5.75 Å². The molecular weight excluding hydrogens is 254 g/mol. The van der Waals surface area contributed by atoms with Gasteiger partial charge in [0, 0.05) is 37.0 Å². The highest BCUT2D eigenvalue weighted by atomic mass is 16.5. The minimum absolute atomic E-state index is 0.516. The van der Waals surface area contributed by atoms with E-state index in [0.29, 0.717) is 19.6 Å². The van der Waals surface area contributed by atoms with Crippen molar-refractivity contribution < 1.29 is 9.84 Å². The highest BCUT2D eigenvalue weighted by Crippen LogP contribution is 2.23. The summed E-state index contributed by atoms with van der Waals surface area (Å²) in [4.78, 5) is 6.40. The fourth-order valence-electron chi connectivity index (χ4n) is 2.44. The third-order valence-corrected chi connectivity index (χ3v) is 3.20. The van der Waals surface area contributed by atoms with Crippen LogP contribution in [-0.4, -0.2) is 54.9 Å². The number of likely N-dealkylation sites (N-methyl/N-ethyl adjacent to an activating group) is 1. The quantitative estimate of drug-likeness (QED) is 0.784. The van der Waals surface area contributed by atoms with Crippen LogP contribution in [0.5, 0.6) is 5.75 Å². The molecule has 0 aliphatic heterocycles. The Balaban J connectivity index is 2.63. The lowest BCUT2D eigenvalue weighted by Gasteiger charge is -2.27. The van der Waals surface area contributed by atoms with Crippen LogP contribution in [0.3, 0.4) is 0 Å². The van der Waals surface area contributed by atoms with Gasteiger partial charge in [-0.2, -0.15) is 0 Å². The highest BCUT2D eigenvalue weighted by molar-refractivity contribution is 5.40. The van der Waals surface area contributed by atoms with Gasteiger partial charge in [-0.15, -0.1) is 0 Å². The lowest BCUT2D eigenvalue weighted by atomic mass is 10.1. The van der Waals surface area contributed by atoms with Crippen LogP contribution in [0.25, 0.3) is 0 Å². The van der Waals surface area contributed by atoms with E-state index >= 15 is 0 Å². The average Bonchev–Trinajstić information content (AvgIpc) is 2.31. The first-order valence-corrected chi connectivity index (χ1v) is 6.83. The molecular formula is C15H27N3O2. The number of pyridine rings is 1. The zero-order chi connectivity index (χ0) is 15.3. The molecule has 0 aromatic carbocycles. The Morgan fingerprint density at radius 2 is 2.05 bits per heavy atom. The molecule has 2 N–H and O–H groups in total. The monoisotopic (exact) mass is 281 g/mol. The molecule has 1 aromatic heterocycles. The van der Waals surface area contributed by atoms with E-state index in [0.717, 1.165) is 22.6 Å². The van der Waals surface area contributed by atoms with Gasteiger partial charge in [0.1, 0.15) is 5.75 Å². The number of aryl methyl sites for hydroxylation is 1. The summed E-state index contributed by atoms with van der Waals surface area (Å²) in [6, 6.07) is 0. The molecule has 20 heavy (non-hydrogen) atoms. The van der Waals surface area contributed by atoms with E-state index in [1.165, 1.54) is 0 Å². The van der Waals surface area contributed by atoms with Crippen molar-refractivity contribution in [2.45, 2.75) is 32.9 Å². The molecule has 1 atom stereocenters. The molecule has 1 unspecified atom stereocenters. The molecule has 0 amide bonds.